The number of carbonyl (C=O) groups excluding carboxylic acids is 1. The third-order valence-electron chi connectivity index (χ3n) is 2.52. The molecule has 1 aromatic carbocycles. The second-order valence-electron chi connectivity index (χ2n) is 3.96. The first kappa shape index (κ1) is 14.7. The van der Waals surface area contributed by atoms with Crippen LogP contribution in [0.15, 0.2) is 60.7 Å². The molecular formula is C18H18O. The van der Waals surface area contributed by atoms with Crippen LogP contribution in [0.5, 0.6) is 0 Å². The number of ketones is 1. The Bertz CT molecular complexity index is 560. The van der Waals surface area contributed by atoms with Gasteiger partial charge in [-0.1, -0.05) is 55.7 Å². The van der Waals surface area contributed by atoms with Gasteiger partial charge in [-0.25, -0.2) is 0 Å². The molecule has 0 radical (unpaired) electrons. The zero-order valence-corrected chi connectivity index (χ0v) is 11.4. The van der Waals surface area contributed by atoms with Crippen molar-refractivity contribution in [3.8, 4) is 11.8 Å². The number of carbonyl (C=O) groups is 1. The highest BCUT2D eigenvalue weighted by molar-refractivity contribution is 5.95. The summed E-state index contributed by atoms with van der Waals surface area (Å²) in [6, 6.07) is 7.39. The van der Waals surface area contributed by atoms with Crippen LogP contribution in [0, 0.1) is 11.8 Å². The molecule has 0 saturated heterocycles. The lowest BCUT2D eigenvalue weighted by molar-refractivity contribution is 0.0988. The smallest absolute Gasteiger partial charge is 0.162 e. The lowest BCUT2D eigenvalue weighted by Gasteiger charge is -1.97. The summed E-state index contributed by atoms with van der Waals surface area (Å²) < 4.78 is 0. The van der Waals surface area contributed by atoms with Crippen molar-refractivity contribution in [3.05, 3.63) is 71.8 Å². The van der Waals surface area contributed by atoms with Crippen molar-refractivity contribution in [3.63, 3.8) is 0 Å². The Labute approximate surface area is 115 Å². The van der Waals surface area contributed by atoms with Crippen LogP contribution in [0.25, 0.3) is 0 Å². The summed E-state index contributed by atoms with van der Waals surface area (Å²) >= 11 is 0. The van der Waals surface area contributed by atoms with Crippen LogP contribution in [0.3, 0.4) is 0 Å². The molecule has 0 aliphatic rings. The third-order valence-corrected chi connectivity index (χ3v) is 2.52. The van der Waals surface area contributed by atoms with Gasteiger partial charge in [0.2, 0.25) is 0 Å². The van der Waals surface area contributed by atoms with Crippen LogP contribution in [-0.2, 0) is 0 Å². The van der Waals surface area contributed by atoms with E-state index >= 15 is 0 Å². The number of hydrogen-bond donors (Lipinski definition) is 0. The number of rotatable bonds is 4. The fourth-order valence-electron chi connectivity index (χ4n) is 1.53. The fraction of sp³-hybridized carbons (Fsp3) is 0.167. The van der Waals surface area contributed by atoms with E-state index in [1.165, 1.54) is 0 Å². The summed E-state index contributed by atoms with van der Waals surface area (Å²) in [7, 11) is 0. The van der Waals surface area contributed by atoms with Crippen LogP contribution in [0.2, 0.25) is 0 Å². The highest BCUT2D eigenvalue weighted by Crippen LogP contribution is 2.06. The van der Waals surface area contributed by atoms with E-state index in [-0.39, 0.29) is 5.78 Å². The lowest BCUT2D eigenvalue weighted by Crippen LogP contribution is -1.95. The Morgan fingerprint density at radius 2 is 2.00 bits per heavy atom. The second-order valence-corrected chi connectivity index (χ2v) is 3.96. The summed E-state index contributed by atoms with van der Waals surface area (Å²) in [6.45, 7) is 7.47. The SMILES string of the molecule is C=C/C=C(C#Cc1ccc(C(=O)CC)cc1)\C=C/C. The topological polar surface area (TPSA) is 17.1 Å². The van der Waals surface area contributed by atoms with Gasteiger partial charge in [0, 0.05) is 23.1 Å². The van der Waals surface area contributed by atoms with Gasteiger partial charge >= 0.3 is 0 Å². The van der Waals surface area contributed by atoms with E-state index in [0.29, 0.717) is 6.42 Å². The van der Waals surface area contributed by atoms with Gasteiger partial charge in [-0.05, 0) is 25.1 Å². The van der Waals surface area contributed by atoms with Gasteiger partial charge in [-0.3, -0.25) is 4.79 Å². The zero-order chi connectivity index (χ0) is 14.1. The minimum Gasteiger partial charge on any atom is -0.294 e. The summed E-state index contributed by atoms with van der Waals surface area (Å²) in [5.41, 5.74) is 2.54. The van der Waals surface area contributed by atoms with E-state index in [4.69, 9.17) is 0 Å². The Kier molecular flexibility index (Phi) is 6.12. The monoisotopic (exact) mass is 250 g/mol. The van der Waals surface area contributed by atoms with Gasteiger partial charge in [0.25, 0.3) is 0 Å². The van der Waals surface area contributed by atoms with Crippen LogP contribution >= 0.6 is 0 Å². The molecule has 0 bridgehead atoms. The molecular weight excluding hydrogens is 232 g/mol. The molecule has 0 heterocycles. The minimum atomic E-state index is 0.153. The standard InChI is InChI=1S/C18H18O/c1-4-7-15(8-5-2)9-10-16-11-13-17(14-12-16)18(19)6-3/h4-5,7-8,11-14H,1,6H2,2-3H3/b8-5-,15-7+. The molecule has 96 valence electrons. The van der Waals surface area contributed by atoms with Crippen molar-refractivity contribution >= 4 is 5.78 Å². The molecule has 1 rings (SSSR count). The average molecular weight is 250 g/mol. The van der Waals surface area contributed by atoms with E-state index in [1.54, 1.807) is 6.08 Å². The van der Waals surface area contributed by atoms with Crippen LogP contribution in [-0.4, -0.2) is 5.78 Å². The maximum atomic E-state index is 11.5. The molecule has 1 aromatic rings. The third kappa shape index (κ3) is 4.81. The average Bonchev–Trinajstić information content (AvgIpc) is 2.45. The predicted molar refractivity (Wildman–Crippen MR) is 81.0 cm³/mol. The van der Waals surface area contributed by atoms with Gasteiger partial charge in [-0.2, -0.15) is 0 Å². The molecule has 0 aliphatic heterocycles. The molecule has 0 spiro atoms. The molecule has 0 fully saturated rings. The number of benzene rings is 1. The molecule has 1 heteroatoms. The zero-order valence-electron chi connectivity index (χ0n) is 11.4. The van der Waals surface area contributed by atoms with Crippen molar-refractivity contribution in [1.82, 2.24) is 0 Å². The molecule has 0 aromatic heterocycles. The van der Waals surface area contributed by atoms with E-state index in [9.17, 15) is 4.79 Å². The Hall–Kier alpha value is -2.33. The number of Topliss-reactive ketones (excluding diaryl/α,β-unsaturated/α-hetero) is 1. The predicted octanol–water partition coefficient (Wildman–Crippen LogP) is 4.32. The van der Waals surface area contributed by atoms with Crippen LogP contribution in [0.1, 0.15) is 36.2 Å². The first-order valence-electron chi connectivity index (χ1n) is 6.32. The van der Waals surface area contributed by atoms with Crippen molar-refractivity contribution < 1.29 is 4.79 Å². The van der Waals surface area contributed by atoms with E-state index in [2.05, 4.69) is 18.4 Å². The first-order chi connectivity index (χ1) is 9.21. The maximum absolute atomic E-state index is 11.5. The summed E-state index contributed by atoms with van der Waals surface area (Å²) in [5.74, 6) is 6.29. The minimum absolute atomic E-state index is 0.153. The van der Waals surface area contributed by atoms with Crippen LogP contribution < -0.4 is 0 Å². The fourth-order valence-corrected chi connectivity index (χ4v) is 1.53. The van der Waals surface area contributed by atoms with Crippen molar-refractivity contribution in [2.75, 3.05) is 0 Å². The van der Waals surface area contributed by atoms with Crippen molar-refractivity contribution in [2.24, 2.45) is 0 Å². The Morgan fingerprint density at radius 3 is 2.53 bits per heavy atom. The highest BCUT2D eigenvalue weighted by Gasteiger charge is 2.00. The summed E-state index contributed by atoms with van der Waals surface area (Å²) in [4.78, 5) is 11.5. The maximum Gasteiger partial charge on any atom is 0.162 e. The normalized spacial score (nSPS) is 10.9. The van der Waals surface area contributed by atoms with Gasteiger partial charge in [0.15, 0.2) is 5.78 Å². The molecule has 0 N–H and O–H groups in total. The van der Waals surface area contributed by atoms with E-state index in [0.717, 1.165) is 16.7 Å². The second kappa shape index (κ2) is 7.89. The lowest BCUT2D eigenvalue weighted by atomic mass is 10.1. The van der Waals surface area contributed by atoms with Gasteiger partial charge in [-0.15, -0.1) is 0 Å². The van der Waals surface area contributed by atoms with Gasteiger partial charge < -0.3 is 0 Å². The highest BCUT2D eigenvalue weighted by atomic mass is 16.1. The molecule has 1 nitrogen and oxygen atoms in total. The van der Waals surface area contributed by atoms with Crippen LogP contribution in [0.4, 0.5) is 0 Å². The molecule has 0 aliphatic carbocycles. The molecule has 0 atom stereocenters. The molecule has 0 unspecified atom stereocenters. The van der Waals surface area contributed by atoms with E-state index < -0.39 is 0 Å². The first-order valence-corrected chi connectivity index (χ1v) is 6.32. The van der Waals surface area contributed by atoms with Gasteiger partial charge in [0.05, 0.1) is 0 Å². The number of hydrogen-bond acceptors (Lipinski definition) is 1. The Morgan fingerprint density at radius 1 is 1.32 bits per heavy atom. The Balaban J connectivity index is 2.92. The summed E-state index contributed by atoms with van der Waals surface area (Å²) in [5, 5.41) is 0. The quantitative estimate of drug-likeness (QED) is 0.442. The molecule has 0 saturated carbocycles. The number of allylic oxidation sites excluding steroid dienone is 5. The van der Waals surface area contributed by atoms with Gasteiger partial charge in [0.1, 0.15) is 0 Å². The molecule has 0 amide bonds. The largest absolute Gasteiger partial charge is 0.294 e. The summed E-state index contributed by atoms with van der Waals surface area (Å²) in [6.07, 6.45) is 7.98. The van der Waals surface area contributed by atoms with Crippen molar-refractivity contribution in [2.45, 2.75) is 20.3 Å². The molecule has 19 heavy (non-hydrogen) atoms. The van der Waals surface area contributed by atoms with Crippen molar-refractivity contribution in [1.29, 1.82) is 0 Å². The van der Waals surface area contributed by atoms with E-state index in [1.807, 2.05) is 56.3 Å².